The van der Waals surface area contributed by atoms with Gasteiger partial charge in [-0.15, -0.1) is 0 Å². The lowest BCUT2D eigenvalue weighted by Crippen LogP contribution is -2.25. The molecule has 9 heteroatoms. The van der Waals surface area contributed by atoms with E-state index in [1.165, 1.54) is 11.1 Å². The molecule has 0 amide bonds. The first-order valence-electron chi connectivity index (χ1n) is 12.5. The molecule has 1 fully saturated rings. The molecule has 0 aliphatic heterocycles. The molecule has 0 bridgehead atoms. The number of nitrogens with zero attached hydrogens (tertiary/aromatic N) is 3. The van der Waals surface area contributed by atoms with Crippen molar-refractivity contribution in [2.45, 2.75) is 44.6 Å². The summed E-state index contributed by atoms with van der Waals surface area (Å²) in [5.74, 6) is 2.01. The third-order valence-electron chi connectivity index (χ3n) is 6.73. The minimum absolute atomic E-state index is 0.169. The van der Waals surface area contributed by atoms with E-state index in [4.69, 9.17) is 26.1 Å². The smallest absolute Gasteiger partial charge is 0.282 e. The van der Waals surface area contributed by atoms with Gasteiger partial charge in [0, 0.05) is 21.0 Å². The third-order valence-corrected chi connectivity index (χ3v) is 9.13. The van der Waals surface area contributed by atoms with E-state index in [0.717, 1.165) is 47.1 Å². The molecule has 1 aliphatic rings. The van der Waals surface area contributed by atoms with Crippen LogP contribution in [0.15, 0.2) is 73.4 Å². The van der Waals surface area contributed by atoms with Crippen molar-refractivity contribution in [2.75, 3.05) is 7.11 Å². The Bertz CT molecular complexity index is 1550. The summed E-state index contributed by atoms with van der Waals surface area (Å²) in [7, 11) is 1.59. The second kappa shape index (κ2) is 12.0. The number of para-hydroxylation sites is 1. The molecule has 6 nitrogen and oxygen atoms in total. The fourth-order valence-corrected chi connectivity index (χ4v) is 5.78. The molecular formula is C29H26Br2ClN3O3. The molecule has 5 rings (SSSR count). The molecule has 1 aliphatic carbocycles. The average molecular weight is 660 g/mol. The van der Waals surface area contributed by atoms with Gasteiger partial charge in [-0.3, -0.25) is 4.79 Å². The molecule has 3 aromatic carbocycles. The van der Waals surface area contributed by atoms with Gasteiger partial charge in [0.2, 0.25) is 0 Å². The SMILES string of the molecule is COc1cc(C=Nn2c(C3CCCCC3)nc3ccccc3c2=O)c(Br)c(Br)c1OCc1ccc(Cl)cc1. The maximum Gasteiger partial charge on any atom is 0.282 e. The summed E-state index contributed by atoms with van der Waals surface area (Å²) >= 11 is 13.3. The first-order valence-corrected chi connectivity index (χ1v) is 14.4. The van der Waals surface area contributed by atoms with Crippen LogP contribution in [0.2, 0.25) is 5.02 Å². The van der Waals surface area contributed by atoms with Gasteiger partial charge in [0.05, 0.1) is 28.7 Å². The Morgan fingerprint density at radius 1 is 1.08 bits per heavy atom. The Balaban J connectivity index is 1.51. The number of hydrogen-bond acceptors (Lipinski definition) is 5. The summed E-state index contributed by atoms with van der Waals surface area (Å²) < 4.78 is 14.6. The molecule has 1 saturated carbocycles. The molecule has 0 atom stereocenters. The Labute approximate surface area is 242 Å². The second-order valence-corrected chi connectivity index (χ2v) is 11.2. The largest absolute Gasteiger partial charge is 0.493 e. The van der Waals surface area contributed by atoms with E-state index in [1.54, 1.807) is 19.4 Å². The van der Waals surface area contributed by atoms with Crippen molar-refractivity contribution in [1.82, 2.24) is 9.66 Å². The van der Waals surface area contributed by atoms with E-state index in [9.17, 15) is 4.79 Å². The van der Waals surface area contributed by atoms with Crippen LogP contribution in [0.4, 0.5) is 0 Å². The summed E-state index contributed by atoms with van der Waals surface area (Å²) in [5.41, 5.74) is 2.24. The number of benzene rings is 3. The van der Waals surface area contributed by atoms with Gasteiger partial charge in [-0.05, 0) is 80.6 Å². The summed E-state index contributed by atoms with van der Waals surface area (Å²) in [6.45, 7) is 0.342. The molecule has 0 spiro atoms. The van der Waals surface area contributed by atoms with Crippen LogP contribution in [-0.4, -0.2) is 23.0 Å². The van der Waals surface area contributed by atoms with Crippen LogP contribution < -0.4 is 15.0 Å². The minimum atomic E-state index is -0.169. The van der Waals surface area contributed by atoms with Crippen molar-refractivity contribution in [3.05, 3.63) is 95.9 Å². The van der Waals surface area contributed by atoms with Gasteiger partial charge in [-0.25, -0.2) is 4.98 Å². The third kappa shape index (κ3) is 5.67. The van der Waals surface area contributed by atoms with E-state index >= 15 is 0 Å². The maximum atomic E-state index is 13.5. The fourth-order valence-electron chi connectivity index (χ4n) is 4.72. The average Bonchev–Trinajstić information content (AvgIpc) is 2.95. The molecular weight excluding hydrogens is 634 g/mol. The Morgan fingerprint density at radius 2 is 1.82 bits per heavy atom. The second-order valence-electron chi connectivity index (χ2n) is 9.22. The molecule has 196 valence electrons. The normalized spacial score (nSPS) is 14.3. The minimum Gasteiger partial charge on any atom is -0.493 e. The lowest BCUT2D eigenvalue weighted by molar-refractivity contribution is 0.282. The molecule has 38 heavy (non-hydrogen) atoms. The number of ether oxygens (including phenoxy) is 2. The van der Waals surface area contributed by atoms with E-state index < -0.39 is 0 Å². The predicted octanol–water partition coefficient (Wildman–Crippen LogP) is 8.09. The van der Waals surface area contributed by atoms with Crippen LogP contribution in [0.5, 0.6) is 11.5 Å². The number of aromatic nitrogens is 2. The van der Waals surface area contributed by atoms with Crippen LogP contribution >= 0.6 is 43.5 Å². The zero-order chi connectivity index (χ0) is 26.6. The number of halogens is 3. The lowest BCUT2D eigenvalue weighted by atomic mass is 9.88. The predicted molar refractivity (Wildman–Crippen MR) is 159 cm³/mol. The van der Waals surface area contributed by atoms with Gasteiger partial charge in [0.15, 0.2) is 11.5 Å². The number of hydrogen-bond donors (Lipinski definition) is 0. The van der Waals surface area contributed by atoms with Crippen molar-refractivity contribution in [1.29, 1.82) is 0 Å². The zero-order valence-electron chi connectivity index (χ0n) is 20.8. The number of methoxy groups -OCH3 is 1. The first-order chi connectivity index (χ1) is 18.5. The van der Waals surface area contributed by atoms with Crippen molar-refractivity contribution >= 4 is 60.6 Å². The molecule has 1 aromatic heterocycles. The van der Waals surface area contributed by atoms with Crippen molar-refractivity contribution < 1.29 is 9.47 Å². The van der Waals surface area contributed by atoms with E-state index in [1.807, 2.05) is 48.5 Å². The molecule has 4 aromatic rings. The van der Waals surface area contributed by atoms with Gasteiger partial charge in [0.1, 0.15) is 12.4 Å². The lowest BCUT2D eigenvalue weighted by Gasteiger charge is -2.22. The molecule has 1 heterocycles. The molecule has 0 radical (unpaired) electrons. The highest BCUT2D eigenvalue weighted by molar-refractivity contribution is 9.13. The molecule has 0 N–H and O–H groups in total. The monoisotopic (exact) mass is 657 g/mol. The van der Waals surface area contributed by atoms with E-state index in [0.29, 0.717) is 38.5 Å². The van der Waals surface area contributed by atoms with Crippen LogP contribution in [0, 0.1) is 0 Å². The standard InChI is InChI=1S/C29H26Br2ClN3O3/c1-37-24-15-20(25(30)26(31)27(24)38-17-18-11-13-21(32)14-12-18)16-33-35-28(19-7-3-2-4-8-19)34-23-10-6-5-9-22(23)29(35)36/h5-6,9-16,19H,2-4,7-8,17H2,1H3. The summed E-state index contributed by atoms with van der Waals surface area (Å²) in [5, 5.41) is 5.89. The molecule has 0 unspecified atom stereocenters. The highest BCUT2D eigenvalue weighted by Gasteiger charge is 2.23. The maximum absolute atomic E-state index is 13.5. The number of fused-ring (bicyclic) bond motifs is 1. The summed E-state index contributed by atoms with van der Waals surface area (Å²) in [4.78, 5) is 18.4. The summed E-state index contributed by atoms with van der Waals surface area (Å²) in [6.07, 6.45) is 7.13. The Kier molecular flexibility index (Phi) is 8.51. The van der Waals surface area contributed by atoms with Gasteiger partial charge in [0.25, 0.3) is 5.56 Å². The summed E-state index contributed by atoms with van der Waals surface area (Å²) in [6, 6.07) is 16.7. The van der Waals surface area contributed by atoms with Gasteiger partial charge >= 0.3 is 0 Å². The van der Waals surface area contributed by atoms with Crippen molar-refractivity contribution in [3.63, 3.8) is 0 Å². The van der Waals surface area contributed by atoms with Crippen molar-refractivity contribution in [2.24, 2.45) is 5.10 Å². The highest BCUT2D eigenvalue weighted by Crippen LogP contribution is 2.42. The van der Waals surface area contributed by atoms with Gasteiger partial charge in [-0.2, -0.15) is 9.78 Å². The van der Waals surface area contributed by atoms with Crippen molar-refractivity contribution in [3.8, 4) is 11.5 Å². The van der Waals surface area contributed by atoms with Crippen LogP contribution in [-0.2, 0) is 6.61 Å². The highest BCUT2D eigenvalue weighted by atomic mass is 79.9. The van der Waals surface area contributed by atoms with Crippen LogP contribution in [0.1, 0.15) is 55.0 Å². The first kappa shape index (κ1) is 26.9. The van der Waals surface area contributed by atoms with Gasteiger partial charge in [-0.1, -0.05) is 55.1 Å². The quantitative estimate of drug-likeness (QED) is 0.188. The van der Waals surface area contributed by atoms with Gasteiger partial charge < -0.3 is 9.47 Å². The molecule has 0 saturated heterocycles. The Morgan fingerprint density at radius 3 is 2.55 bits per heavy atom. The van der Waals surface area contributed by atoms with E-state index in [2.05, 4.69) is 37.0 Å². The van der Waals surface area contributed by atoms with Crippen LogP contribution in [0.25, 0.3) is 10.9 Å². The Hall–Kier alpha value is -2.68. The zero-order valence-corrected chi connectivity index (χ0v) is 24.7. The van der Waals surface area contributed by atoms with Crippen LogP contribution in [0.3, 0.4) is 0 Å². The van der Waals surface area contributed by atoms with E-state index in [-0.39, 0.29) is 11.5 Å². The fraction of sp³-hybridized carbons (Fsp3) is 0.276. The topological polar surface area (TPSA) is 65.7 Å². The number of rotatable bonds is 7.